The molecule has 1 aromatic rings. The van der Waals surface area contributed by atoms with Gasteiger partial charge in [-0.3, -0.25) is 0 Å². The number of hydrogen-bond acceptors (Lipinski definition) is 2. The highest BCUT2D eigenvalue weighted by Gasteiger charge is 2.51. The van der Waals surface area contributed by atoms with Crippen molar-refractivity contribution in [3.63, 3.8) is 0 Å². The molecular weight excluding hydrogens is 219 g/mol. The first kappa shape index (κ1) is 12.4. The Bertz CT molecular complexity index is 419. The van der Waals surface area contributed by atoms with Crippen LogP contribution in [-0.4, -0.2) is 17.3 Å². The van der Waals surface area contributed by atoms with Crippen LogP contribution in [0.3, 0.4) is 0 Å². The average molecular weight is 238 g/mol. The Hall–Kier alpha value is -1.09. The van der Waals surface area contributed by atoms with Crippen LogP contribution in [0.1, 0.15) is 32.3 Å². The lowest BCUT2D eigenvalue weighted by Crippen LogP contribution is -2.57. The van der Waals surface area contributed by atoms with Gasteiger partial charge in [0.15, 0.2) is 0 Å². The average Bonchev–Trinajstić information content (AvgIpc) is 2.30. The van der Waals surface area contributed by atoms with Gasteiger partial charge in [0.1, 0.15) is 17.7 Å². The summed E-state index contributed by atoms with van der Waals surface area (Å²) < 4.78 is 18.9. The van der Waals surface area contributed by atoms with Crippen molar-refractivity contribution in [2.24, 2.45) is 5.41 Å². The van der Waals surface area contributed by atoms with E-state index in [9.17, 15) is 9.50 Å². The lowest BCUT2D eigenvalue weighted by molar-refractivity contribution is -0.147. The highest BCUT2D eigenvalue weighted by atomic mass is 19.1. The van der Waals surface area contributed by atoms with E-state index >= 15 is 0 Å². The number of aryl methyl sites for hydroxylation is 1. The summed E-state index contributed by atoms with van der Waals surface area (Å²) in [5, 5.41) is 9.79. The van der Waals surface area contributed by atoms with Crippen molar-refractivity contribution in [1.82, 2.24) is 0 Å². The molecule has 94 valence electrons. The summed E-state index contributed by atoms with van der Waals surface area (Å²) in [5.41, 5.74) is 0.616. The summed E-state index contributed by atoms with van der Waals surface area (Å²) in [6, 6.07) is 4.53. The monoisotopic (exact) mass is 238 g/mol. The second kappa shape index (κ2) is 4.30. The normalized spacial score (nSPS) is 32.1. The van der Waals surface area contributed by atoms with E-state index < -0.39 is 0 Å². The van der Waals surface area contributed by atoms with Gasteiger partial charge in [-0.15, -0.1) is 0 Å². The summed E-state index contributed by atoms with van der Waals surface area (Å²) in [6.07, 6.45) is 1.25. The van der Waals surface area contributed by atoms with Crippen LogP contribution in [0.4, 0.5) is 4.39 Å². The van der Waals surface area contributed by atoms with E-state index in [0.717, 1.165) is 12.0 Å². The van der Waals surface area contributed by atoms with Crippen LogP contribution in [0, 0.1) is 18.2 Å². The topological polar surface area (TPSA) is 29.5 Å². The molecule has 0 bridgehead atoms. The number of halogens is 1. The molecule has 3 heteroatoms. The van der Waals surface area contributed by atoms with E-state index in [2.05, 4.69) is 6.92 Å². The molecule has 17 heavy (non-hydrogen) atoms. The minimum Gasteiger partial charge on any atom is -0.489 e. The fourth-order valence-corrected chi connectivity index (χ4v) is 2.34. The molecule has 1 fully saturated rings. The molecule has 1 aliphatic carbocycles. The van der Waals surface area contributed by atoms with Gasteiger partial charge in [-0.05, 0) is 37.1 Å². The number of ether oxygens (including phenoxy) is 1. The van der Waals surface area contributed by atoms with Crippen molar-refractivity contribution in [1.29, 1.82) is 0 Å². The quantitative estimate of drug-likeness (QED) is 0.877. The molecule has 2 nitrogen and oxygen atoms in total. The molecule has 2 rings (SSSR count). The zero-order valence-electron chi connectivity index (χ0n) is 10.5. The lowest BCUT2D eigenvalue weighted by atomic mass is 9.63. The molecule has 3 atom stereocenters. The summed E-state index contributed by atoms with van der Waals surface area (Å²) in [6.45, 7) is 5.91. The molecule has 0 spiro atoms. The molecule has 0 aliphatic heterocycles. The fourth-order valence-electron chi connectivity index (χ4n) is 2.34. The van der Waals surface area contributed by atoms with Crippen LogP contribution in [0.2, 0.25) is 0 Å². The highest BCUT2D eigenvalue weighted by Crippen LogP contribution is 2.46. The zero-order chi connectivity index (χ0) is 12.6. The Morgan fingerprint density at radius 2 is 2.24 bits per heavy atom. The Kier molecular flexibility index (Phi) is 3.13. The van der Waals surface area contributed by atoms with Crippen molar-refractivity contribution >= 4 is 0 Å². The molecule has 0 aromatic heterocycles. The molecule has 0 heterocycles. The molecule has 0 saturated heterocycles. The maximum atomic E-state index is 13.0. The first-order valence-electron chi connectivity index (χ1n) is 6.08. The predicted molar refractivity (Wildman–Crippen MR) is 64.6 cm³/mol. The molecule has 0 amide bonds. The fraction of sp³-hybridized carbons (Fsp3) is 0.571. The Balaban J connectivity index is 2.12. The smallest absolute Gasteiger partial charge is 0.123 e. The number of aliphatic hydroxyl groups is 1. The maximum Gasteiger partial charge on any atom is 0.123 e. The second-order valence-corrected chi connectivity index (χ2v) is 5.13. The molecule has 1 aliphatic rings. The van der Waals surface area contributed by atoms with Crippen LogP contribution in [0.5, 0.6) is 5.75 Å². The zero-order valence-corrected chi connectivity index (χ0v) is 10.5. The second-order valence-electron chi connectivity index (χ2n) is 5.13. The van der Waals surface area contributed by atoms with Gasteiger partial charge < -0.3 is 9.84 Å². The predicted octanol–water partition coefficient (Wildman–Crippen LogP) is 3.06. The third kappa shape index (κ3) is 2.04. The Morgan fingerprint density at radius 3 is 2.76 bits per heavy atom. The van der Waals surface area contributed by atoms with E-state index in [0.29, 0.717) is 12.2 Å². The van der Waals surface area contributed by atoms with Crippen molar-refractivity contribution < 1.29 is 14.2 Å². The third-order valence-electron chi connectivity index (χ3n) is 4.10. The largest absolute Gasteiger partial charge is 0.489 e. The van der Waals surface area contributed by atoms with E-state index in [4.69, 9.17) is 4.74 Å². The number of rotatable bonds is 3. The number of benzene rings is 1. The molecule has 0 radical (unpaired) electrons. The third-order valence-corrected chi connectivity index (χ3v) is 4.10. The summed E-state index contributed by atoms with van der Waals surface area (Å²) in [4.78, 5) is 0. The maximum absolute atomic E-state index is 13.0. The lowest BCUT2D eigenvalue weighted by Gasteiger charge is -2.50. The number of aliphatic hydroxyl groups excluding tert-OH is 1. The first-order valence-corrected chi connectivity index (χ1v) is 6.08. The van der Waals surface area contributed by atoms with E-state index in [1.807, 2.05) is 13.8 Å². The van der Waals surface area contributed by atoms with Gasteiger partial charge in [0.05, 0.1) is 6.10 Å². The van der Waals surface area contributed by atoms with E-state index in [1.54, 1.807) is 6.07 Å². The Morgan fingerprint density at radius 1 is 1.53 bits per heavy atom. The van der Waals surface area contributed by atoms with E-state index in [1.165, 1.54) is 12.1 Å². The molecular formula is C14H19FO2. The molecule has 3 unspecified atom stereocenters. The van der Waals surface area contributed by atoms with Gasteiger partial charge in [-0.25, -0.2) is 4.39 Å². The standard InChI is InChI=1S/C14H19FO2/c1-4-14(3)12(16)8-13(14)17-11-6-5-10(15)7-9(11)2/h5-7,12-13,16H,4,8H2,1-3H3. The summed E-state index contributed by atoms with van der Waals surface area (Å²) in [7, 11) is 0. The molecule has 1 aromatic carbocycles. The Labute approximate surface area is 101 Å². The van der Waals surface area contributed by atoms with Crippen LogP contribution in [0.25, 0.3) is 0 Å². The van der Waals surface area contributed by atoms with Gasteiger partial charge in [-0.2, -0.15) is 0 Å². The van der Waals surface area contributed by atoms with Crippen molar-refractivity contribution in [3.8, 4) is 5.75 Å². The first-order chi connectivity index (χ1) is 7.97. The van der Waals surface area contributed by atoms with E-state index in [-0.39, 0.29) is 23.4 Å². The van der Waals surface area contributed by atoms with Crippen LogP contribution in [-0.2, 0) is 0 Å². The minimum absolute atomic E-state index is 0.0201. The van der Waals surface area contributed by atoms with Crippen molar-refractivity contribution in [3.05, 3.63) is 29.6 Å². The summed E-state index contributed by atoms with van der Waals surface area (Å²) >= 11 is 0. The van der Waals surface area contributed by atoms with Crippen LogP contribution < -0.4 is 4.74 Å². The number of hydrogen-bond donors (Lipinski definition) is 1. The highest BCUT2D eigenvalue weighted by molar-refractivity contribution is 5.33. The minimum atomic E-state index is -0.293. The van der Waals surface area contributed by atoms with Gasteiger partial charge >= 0.3 is 0 Å². The van der Waals surface area contributed by atoms with Gasteiger partial charge in [-0.1, -0.05) is 13.8 Å². The van der Waals surface area contributed by atoms with Crippen molar-refractivity contribution in [2.75, 3.05) is 0 Å². The van der Waals surface area contributed by atoms with Gasteiger partial charge in [0.25, 0.3) is 0 Å². The van der Waals surface area contributed by atoms with Crippen LogP contribution in [0.15, 0.2) is 18.2 Å². The SMILES string of the molecule is CCC1(C)C(O)CC1Oc1ccc(F)cc1C. The van der Waals surface area contributed by atoms with Crippen molar-refractivity contribution in [2.45, 2.75) is 45.8 Å². The van der Waals surface area contributed by atoms with Gasteiger partial charge in [0, 0.05) is 11.8 Å². The van der Waals surface area contributed by atoms with Gasteiger partial charge in [0.2, 0.25) is 0 Å². The molecule has 1 N–H and O–H groups in total. The van der Waals surface area contributed by atoms with Crippen LogP contribution >= 0.6 is 0 Å². The molecule has 1 saturated carbocycles. The summed E-state index contributed by atoms with van der Waals surface area (Å²) in [5.74, 6) is 0.463.